The van der Waals surface area contributed by atoms with Crippen LogP contribution in [0.5, 0.6) is 5.75 Å². The number of anilines is 2. The average molecular weight is 373 g/mol. The van der Waals surface area contributed by atoms with Crippen LogP contribution < -0.4 is 20.3 Å². The summed E-state index contributed by atoms with van der Waals surface area (Å²) in [5.74, 6) is 0.743. The third kappa shape index (κ3) is 5.54. The van der Waals surface area contributed by atoms with Crippen LogP contribution in [0.15, 0.2) is 30.3 Å². The van der Waals surface area contributed by atoms with Gasteiger partial charge >= 0.3 is 0 Å². The molecule has 7 nitrogen and oxygen atoms in total. The van der Waals surface area contributed by atoms with Crippen molar-refractivity contribution >= 4 is 17.7 Å². The minimum absolute atomic E-state index is 0.0633. The number of aromatic nitrogens is 2. The van der Waals surface area contributed by atoms with Crippen molar-refractivity contribution in [2.45, 2.75) is 19.8 Å². The van der Waals surface area contributed by atoms with Gasteiger partial charge in [-0.05, 0) is 31.9 Å². The summed E-state index contributed by atoms with van der Waals surface area (Å²) >= 11 is 0. The zero-order chi connectivity index (χ0) is 19.1. The van der Waals surface area contributed by atoms with E-state index in [1.54, 1.807) is 12.1 Å². The van der Waals surface area contributed by atoms with Gasteiger partial charge in [0.15, 0.2) is 18.2 Å². The van der Waals surface area contributed by atoms with Gasteiger partial charge in [-0.15, -0.1) is 0 Å². The predicted molar refractivity (Wildman–Crippen MR) is 102 cm³/mol. The van der Waals surface area contributed by atoms with Crippen LogP contribution in [0.25, 0.3) is 0 Å². The fourth-order valence-corrected chi connectivity index (χ4v) is 2.87. The number of benzene rings is 1. The number of halogens is 1. The molecule has 144 valence electrons. The Balaban J connectivity index is 1.40. The van der Waals surface area contributed by atoms with Gasteiger partial charge in [0.05, 0.1) is 0 Å². The SMILES string of the molecule is Cc1cc(N2CCCC2)nc(NCCNC(=O)COc2ccccc2F)n1. The topological polar surface area (TPSA) is 79.4 Å². The van der Waals surface area contributed by atoms with Crippen molar-refractivity contribution in [3.63, 3.8) is 0 Å². The lowest BCUT2D eigenvalue weighted by Gasteiger charge is -2.17. The van der Waals surface area contributed by atoms with Gasteiger partial charge in [0.2, 0.25) is 5.95 Å². The van der Waals surface area contributed by atoms with E-state index < -0.39 is 5.82 Å². The maximum atomic E-state index is 13.4. The number of carbonyl (C=O) groups excluding carboxylic acids is 1. The van der Waals surface area contributed by atoms with Crippen LogP contribution in [0, 0.1) is 12.7 Å². The van der Waals surface area contributed by atoms with E-state index in [9.17, 15) is 9.18 Å². The second-order valence-electron chi connectivity index (χ2n) is 6.38. The third-order valence-corrected chi connectivity index (χ3v) is 4.20. The molecule has 0 unspecified atom stereocenters. The average Bonchev–Trinajstić information content (AvgIpc) is 3.19. The summed E-state index contributed by atoms with van der Waals surface area (Å²) in [6, 6.07) is 7.97. The zero-order valence-corrected chi connectivity index (χ0v) is 15.4. The number of hydrogen-bond acceptors (Lipinski definition) is 6. The summed E-state index contributed by atoms with van der Waals surface area (Å²) in [4.78, 5) is 23.0. The molecule has 27 heavy (non-hydrogen) atoms. The molecule has 1 aliphatic rings. The molecule has 1 saturated heterocycles. The Kier molecular flexibility index (Phi) is 6.40. The monoisotopic (exact) mass is 373 g/mol. The van der Waals surface area contributed by atoms with Crippen LogP contribution in [0.1, 0.15) is 18.5 Å². The molecular formula is C19H24FN5O2. The Morgan fingerprint density at radius 1 is 1.22 bits per heavy atom. The van der Waals surface area contributed by atoms with E-state index in [-0.39, 0.29) is 18.3 Å². The highest BCUT2D eigenvalue weighted by molar-refractivity contribution is 5.77. The normalized spacial score (nSPS) is 13.5. The van der Waals surface area contributed by atoms with Gasteiger partial charge < -0.3 is 20.3 Å². The Morgan fingerprint density at radius 3 is 2.78 bits per heavy atom. The first kappa shape index (κ1) is 18.9. The molecule has 1 aliphatic heterocycles. The van der Waals surface area contributed by atoms with Gasteiger partial charge in [-0.1, -0.05) is 12.1 Å². The lowest BCUT2D eigenvalue weighted by molar-refractivity contribution is -0.123. The van der Waals surface area contributed by atoms with Crippen LogP contribution in [0.3, 0.4) is 0 Å². The molecule has 1 fully saturated rings. The minimum Gasteiger partial charge on any atom is -0.481 e. The standard InChI is InChI=1S/C19H24FN5O2/c1-14-12-17(25-10-4-5-11-25)24-19(23-14)22-9-8-21-18(26)13-27-16-7-3-2-6-15(16)20/h2-3,6-7,12H,4-5,8-11,13H2,1H3,(H,21,26)(H,22,23,24). The molecule has 8 heteroatoms. The van der Waals surface area contributed by atoms with Crippen molar-refractivity contribution < 1.29 is 13.9 Å². The molecular weight excluding hydrogens is 349 g/mol. The second-order valence-corrected chi connectivity index (χ2v) is 6.38. The molecule has 1 amide bonds. The number of nitrogens with one attached hydrogen (secondary N) is 2. The lowest BCUT2D eigenvalue weighted by atomic mass is 10.3. The first-order valence-corrected chi connectivity index (χ1v) is 9.10. The van der Waals surface area contributed by atoms with E-state index in [4.69, 9.17) is 4.74 Å². The Bertz CT molecular complexity index is 780. The summed E-state index contributed by atoms with van der Waals surface area (Å²) in [6.45, 7) is 4.61. The molecule has 0 bridgehead atoms. The van der Waals surface area contributed by atoms with Crippen LogP contribution in [0.2, 0.25) is 0 Å². The first-order valence-electron chi connectivity index (χ1n) is 9.10. The van der Waals surface area contributed by atoms with Gasteiger partial charge in [-0.3, -0.25) is 4.79 Å². The number of amides is 1. The highest BCUT2D eigenvalue weighted by Crippen LogP contribution is 2.19. The summed E-state index contributed by atoms with van der Waals surface area (Å²) in [6.07, 6.45) is 2.37. The van der Waals surface area contributed by atoms with Crippen molar-refractivity contribution in [2.75, 3.05) is 43.0 Å². The van der Waals surface area contributed by atoms with E-state index in [0.717, 1.165) is 24.6 Å². The number of aryl methyl sites for hydroxylation is 1. The van der Waals surface area contributed by atoms with Crippen molar-refractivity contribution in [1.82, 2.24) is 15.3 Å². The predicted octanol–water partition coefficient (Wildman–Crippen LogP) is 2.13. The molecule has 2 aromatic rings. The summed E-state index contributed by atoms with van der Waals surface area (Å²) in [7, 11) is 0. The quantitative estimate of drug-likeness (QED) is 0.690. The number of ether oxygens (including phenoxy) is 1. The van der Waals surface area contributed by atoms with E-state index in [1.165, 1.54) is 25.0 Å². The molecule has 0 saturated carbocycles. The molecule has 0 atom stereocenters. The molecule has 1 aromatic heterocycles. The first-order chi connectivity index (χ1) is 13.1. The molecule has 2 heterocycles. The van der Waals surface area contributed by atoms with Crippen LogP contribution in [0.4, 0.5) is 16.2 Å². The van der Waals surface area contributed by atoms with Gasteiger partial charge in [0, 0.05) is 37.9 Å². The van der Waals surface area contributed by atoms with Gasteiger partial charge in [0.1, 0.15) is 5.82 Å². The summed E-state index contributed by atoms with van der Waals surface area (Å²) in [5.41, 5.74) is 0.900. The Morgan fingerprint density at radius 2 is 2.00 bits per heavy atom. The van der Waals surface area contributed by atoms with Crippen molar-refractivity contribution in [2.24, 2.45) is 0 Å². The fourth-order valence-electron chi connectivity index (χ4n) is 2.87. The van der Waals surface area contributed by atoms with E-state index >= 15 is 0 Å². The van der Waals surface area contributed by atoms with Crippen molar-refractivity contribution in [3.05, 3.63) is 41.8 Å². The van der Waals surface area contributed by atoms with Crippen LogP contribution in [-0.2, 0) is 4.79 Å². The number of para-hydroxylation sites is 1. The maximum Gasteiger partial charge on any atom is 0.258 e. The number of carbonyl (C=O) groups is 1. The molecule has 2 N–H and O–H groups in total. The fraction of sp³-hybridized carbons (Fsp3) is 0.421. The molecule has 1 aromatic carbocycles. The van der Waals surface area contributed by atoms with E-state index in [0.29, 0.717) is 19.0 Å². The second kappa shape index (κ2) is 9.16. The molecule has 0 aliphatic carbocycles. The minimum atomic E-state index is -0.489. The van der Waals surface area contributed by atoms with Crippen molar-refractivity contribution in [3.8, 4) is 5.75 Å². The molecule has 0 radical (unpaired) electrons. The van der Waals surface area contributed by atoms with Gasteiger partial charge in [0.25, 0.3) is 5.91 Å². The number of hydrogen-bond donors (Lipinski definition) is 2. The zero-order valence-electron chi connectivity index (χ0n) is 15.4. The third-order valence-electron chi connectivity index (χ3n) is 4.20. The highest BCUT2D eigenvalue weighted by Gasteiger charge is 2.15. The Hall–Kier alpha value is -2.90. The summed E-state index contributed by atoms with van der Waals surface area (Å²) in [5, 5.41) is 5.84. The largest absolute Gasteiger partial charge is 0.481 e. The van der Waals surface area contributed by atoms with E-state index in [2.05, 4.69) is 25.5 Å². The number of rotatable bonds is 8. The van der Waals surface area contributed by atoms with Crippen LogP contribution >= 0.6 is 0 Å². The van der Waals surface area contributed by atoms with Gasteiger partial charge in [-0.2, -0.15) is 4.98 Å². The smallest absolute Gasteiger partial charge is 0.258 e. The molecule has 3 rings (SSSR count). The Labute approximate surface area is 158 Å². The van der Waals surface area contributed by atoms with Crippen LogP contribution in [-0.4, -0.2) is 48.7 Å². The summed E-state index contributed by atoms with van der Waals surface area (Å²) < 4.78 is 18.6. The molecule has 0 spiro atoms. The lowest BCUT2D eigenvalue weighted by Crippen LogP contribution is -2.33. The highest BCUT2D eigenvalue weighted by atomic mass is 19.1. The van der Waals surface area contributed by atoms with E-state index in [1.807, 2.05) is 13.0 Å². The van der Waals surface area contributed by atoms with Gasteiger partial charge in [-0.25, -0.2) is 9.37 Å². The number of nitrogens with zero attached hydrogens (tertiary/aromatic N) is 3. The van der Waals surface area contributed by atoms with Crippen molar-refractivity contribution in [1.29, 1.82) is 0 Å². The maximum absolute atomic E-state index is 13.4.